The maximum atomic E-state index is 6.03. The monoisotopic (exact) mass is 359 g/mol. The molecule has 1 aromatic heterocycles. The lowest BCUT2D eigenvalue weighted by atomic mass is 10.0. The molecule has 5 heteroatoms. The summed E-state index contributed by atoms with van der Waals surface area (Å²) >= 11 is 11.2. The fourth-order valence-corrected chi connectivity index (χ4v) is 3.56. The molecule has 0 bridgehead atoms. The van der Waals surface area contributed by atoms with Crippen LogP contribution in [0.1, 0.15) is 22.0 Å². The van der Waals surface area contributed by atoms with Crippen molar-refractivity contribution in [3.05, 3.63) is 49.1 Å². The Morgan fingerprint density at radius 1 is 1.37 bits per heavy atom. The van der Waals surface area contributed by atoms with Gasteiger partial charge in [0.15, 0.2) is 0 Å². The highest BCUT2D eigenvalue weighted by molar-refractivity contribution is 9.10. The molecule has 1 aromatic carbocycles. The second-order valence-corrected chi connectivity index (χ2v) is 6.81. The van der Waals surface area contributed by atoms with Crippen molar-refractivity contribution in [2.75, 3.05) is 14.2 Å². The van der Waals surface area contributed by atoms with Crippen molar-refractivity contribution in [1.82, 2.24) is 5.32 Å². The Kier molecular flexibility index (Phi) is 4.90. The maximum absolute atomic E-state index is 6.03. The Bertz CT molecular complexity index is 585. The van der Waals surface area contributed by atoms with Gasteiger partial charge in [0.25, 0.3) is 0 Å². The molecule has 0 radical (unpaired) electrons. The number of halogens is 2. The summed E-state index contributed by atoms with van der Waals surface area (Å²) in [7, 11) is 3.63. The van der Waals surface area contributed by atoms with Gasteiger partial charge in [0.05, 0.1) is 17.5 Å². The smallest absolute Gasteiger partial charge is 0.124 e. The van der Waals surface area contributed by atoms with E-state index in [0.29, 0.717) is 0 Å². The highest BCUT2D eigenvalue weighted by Crippen LogP contribution is 2.37. The predicted molar refractivity (Wildman–Crippen MR) is 85.7 cm³/mol. The van der Waals surface area contributed by atoms with E-state index in [1.165, 1.54) is 4.88 Å². The molecule has 1 N–H and O–H groups in total. The summed E-state index contributed by atoms with van der Waals surface area (Å²) in [5, 5.41) is 3.32. The number of methoxy groups -OCH3 is 1. The molecule has 0 fully saturated rings. The Hall–Kier alpha value is -0.550. The summed E-state index contributed by atoms with van der Waals surface area (Å²) in [4.78, 5) is 1.17. The van der Waals surface area contributed by atoms with E-state index >= 15 is 0 Å². The van der Waals surface area contributed by atoms with Crippen LogP contribution in [0.25, 0.3) is 0 Å². The second kappa shape index (κ2) is 6.27. The van der Waals surface area contributed by atoms with Crippen molar-refractivity contribution < 1.29 is 4.74 Å². The molecule has 0 saturated carbocycles. The zero-order chi connectivity index (χ0) is 14.0. The van der Waals surface area contributed by atoms with E-state index in [-0.39, 0.29) is 6.04 Å². The second-order valence-electron chi connectivity index (χ2n) is 4.21. The van der Waals surface area contributed by atoms with Crippen molar-refractivity contribution in [3.63, 3.8) is 0 Å². The number of aryl methyl sites for hydroxylation is 1. The minimum absolute atomic E-state index is 0.0735. The third-order valence-electron chi connectivity index (χ3n) is 2.99. The van der Waals surface area contributed by atoms with E-state index in [4.69, 9.17) is 16.3 Å². The highest BCUT2D eigenvalue weighted by atomic mass is 79.9. The standard InChI is InChI=1S/C14H15BrClNOS/c1-8-6-11(18-3)9(7-10(8)15)14(17-2)12-4-5-13(16)19-12/h4-7,14,17H,1-3H3. The third-order valence-corrected chi connectivity index (χ3v) is 5.14. The molecule has 0 spiro atoms. The number of thiophene rings is 1. The van der Waals surface area contributed by atoms with Crippen molar-refractivity contribution in [2.45, 2.75) is 13.0 Å². The van der Waals surface area contributed by atoms with Crippen LogP contribution in [0.3, 0.4) is 0 Å². The summed E-state index contributed by atoms with van der Waals surface area (Å²) in [6, 6.07) is 8.18. The molecule has 1 heterocycles. The van der Waals surface area contributed by atoms with Crippen LogP contribution in [-0.4, -0.2) is 14.2 Å². The van der Waals surface area contributed by atoms with Gasteiger partial charge >= 0.3 is 0 Å². The lowest BCUT2D eigenvalue weighted by molar-refractivity contribution is 0.405. The van der Waals surface area contributed by atoms with Gasteiger partial charge in [-0.2, -0.15) is 0 Å². The summed E-state index contributed by atoms with van der Waals surface area (Å²) < 4.78 is 7.37. The fraction of sp³-hybridized carbons (Fsp3) is 0.286. The van der Waals surface area contributed by atoms with Crippen molar-refractivity contribution in [1.29, 1.82) is 0 Å². The Labute approximate surface area is 130 Å². The lowest BCUT2D eigenvalue weighted by Crippen LogP contribution is -2.17. The van der Waals surface area contributed by atoms with Crippen LogP contribution in [0, 0.1) is 6.92 Å². The minimum atomic E-state index is 0.0735. The summed E-state index contributed by atoms with van der Waals surface area (Å²) in [5.41, 5.74) is 2.25. The molecular formula is C14H15BrClNOS. The molecule has 19 heavy (non-hydrogen) atoms. The largest absolute Gasteiger partial charge is 0.496 e. The first kappa shape index (κ1) is 14.9. The van der Waals surface area contributed by atoms with E-state index in [0.717, 1.165) is 25.7 Å². The Balaban J connectivity index is 2.51. The fourth-order valence-electron chi connectivity index (χ4n) is 2.01. The van der Waals surface area contributed by atoms with Crippen LogP contribution in [0.5, 0.6) is 5.75 Å². The van der Waals surface area contributed by atoms with E-state index in [2.05, 4.69) is 27.3 Å². The SMILES string of the molecule is CNC(c1ccc(Cl)s1)c1cc(Br)c(C)cc1OC. The van der Waals surface area contributed by atoms with Gasteiger partial charge in [-0.25, -0.2) is 0 Å². The molecular weight excluding hydrogens is 346 g/mol. The summed E-state index contributed by atoms with van der Waals surface area (Å²) in [6.07, 6.45) is 0. The molecule has 2 rings (SSSR count). The van der Waals surface area contributed by atoms with Crippen molar-refractivity contribution in [2.24, 2.45) is 0 Å². The number of hydrogen-bond acceptors (Lipinski definition) is 3. The van der Waals surface area contributed by atoms with Crippen LogP contribution >= 0.6 is 38.9 Å². The molecule has 0 saturated heterocycles. The van der Waals surface area contributed by atoms with E-state index in [9.17, 15) is 0 Å². The average molecular weight is 361 g/mol. The van der Waals surface area contributed by atoms with E-state index < -0.39 is 0 Å². The van der Waals surface area contributed by atoms with Crippen molar-refractivity contribution in [3.8, 4) is 5.75 Å². The number of nitrogens with one attached hydrogen (secondary N) is 1. The Morgan fingerprint density at radius 3 is 2.63 bits per heavy atom. The normalized spacial score (nSPS) is 12.5. The minimum Gasteiger partial charge on any atom is -0.496 e. The summed E-state index contributed by atoms with van der Waals surface area (Å²) in [5.74, 6) is 0.879. The van der Waals surface area contributed by atoms with Crippen molar-refractivity contribution >= 4 is 38.9 Å². The molecule has 2 aromatic rings. The zero-order valence-corrected chi connectivity index (χ0v) is 14.1. The van der Waals surface area contributed by atoms with Gasteiger partial charge in [-0.05, 0) is 43.8 Å². The molecule has 1 atom stereocenters. The zero-order valence-electron chi connectivity index (χ0n) is 11.0. The topological polar surface area (TPSA) is 21.3 Å². The van der Waals surface area contributed by atoms with Gasteiger partial charge < -0.3 is 10.1 Å². The number of benzene rings is 1. The Morgan fingerprint density at radius 2 is 2.11 bits per heavy atom. The first-order valence-corrected chi connectivity index (χ1v) is 7.82. The van der Waals surface area contributed by atoms with Gasteiger partial charge in [-0.1, -0.05) is 27.5 Å². The van der Waals surface area contributed by atoms with Gasteiger partial charge in [0.2, 0.25) is 0 Å². The average Bonchev–Trinajstić information content (AvgIpc) is 2.81. The molecule has 0 aliphatic heterocycles. The van der Waals surface area contributed by atoms with Gasteiger partial charge in [-0.15, -0.1) is 11.3 Å². The number of hydrogen-bond donors (Lipinski definition) is 1. The van der Waals surface area contributed by atoms with Crippen LogP contribution in [0.2, 0.25) is 4.34 Å². The molecule has 0 amide bonds. The van der Waals surface area contributed by atoms with E-state index in [1.807, 2.05) is 32.2 Å². The lowest BCUT2D eigenvalue weighted by Gasteiger charge is -2.19. The predicted octanol–water partition coefficient (Wildman–Crippen LogP) is 4.79. The third kappa shape index (κ3) is 3.14. The molecule has 0 aliphatic carbocycles. The van der Waals surface area contributed by atoms with Gasteiger partial charge in [0.1, 0.15) is 5.75 Å². The quantitative estimate of drug-likeness (QED) is 0.846. The van der Waals surface area contributed by atoms with E-state index in [1.54, 1.807) is 18.4 Å². The number of ether oxygens (including phenoxy) is 1. The maximum Gasteiger partial charge on any atom is 0.124 e. The molecule has 0 aliphatic rings. The van der Waals surface area contributed by atoms with Crippen LogP contribution in [-0.2, 0) is 0 Å². The van der Waals surface area contributed by atoms with Gasteiger partial charge in [0, 0.05) is 14.9 Å². The molecule has 1 unspecified atom stereocenters. The van der Waals surface area contributed by atoms with Crippen LogP contribution in [0.15, 0.2) is 28.7 Å². The molecule has 2 nitrogen and oxygen atoms in total. The van der Waals surface area contributed by atoms with Gasteiger partial charge in [-0.3, -0.25) is 0 Å². The number of rotatable bonds is 4. The summed E-state index contributed by atoms with van der Waals surface area (Å²) in [6.45, 7) is 2.05. The van der Waals surface area contributed by atoms with Crippen LogP contribution < -0.4 is 10.1 Å². The molecule has 102 valence electrons. The first-order valence-electron chi connectivity index (χ1n) is 5.83. The van der Waals surface area contributed by atoms with Crippen LogP contribution in [0.4, 0.5) is 0 Å². The first-order chi connectivity index (χ1) is 9.06. The highest BCUT2D eigenvalue weighted by Gasteiger charge is 2.19.